The molecule has 8 heteroatoms. The van der Waals surface area contributed by atoms with E-state index < -0.39 is 0 Å². The van der Waals surface area contributed by atoms with Crippen LogP contribution in [0.3, 0.4) is 0 Å². The van der Waals surface area contributed by atoms with E-state index in [4.69, 9.17) is 15.2 Å². The quantitative estimate of drug-likeness (QED) is 0.356. The third-order valence-corrected chi connectivity index (χ3v) is 4.66. The van der Waals surface area contributed by atoms with Crippen molar-refractivity contribution in [3.05, 3.63) is 18.2 Å². The smallest absolute Gasteiger partial charge is 0.193 e. The molecule has 0 aromatic heterocycles. The van der Waals surface area contributed by atoms with E-state index in [9.17, 15) is 0 Å². The molecule has 7 nitrogen and oxygen atoms in total. The number of hydrogen-bond acceptors (Lipinski definition) is 5. The fourth-order valence-corrected chi connectivity index (χ4v) is 3.06. The molecule has 0 unspecified atom stereocenters. The predicted octanol–water partition coefficient (Wildman–Crippen LogP) is 2.07. The lowest BCUT2D eigenvalue weighted by atomic mass is 10.0. The maximum Gasteiger partial charge on any atom is 0.193 e. The summed E-state index contributed by atoms with van der Waals surface area (Å²) in [6, 6.07) is 6.22. The van der Waals surface area contributed by atoms with Crippen molar-refractivity contribution in [2.45, 2.75) is 18.9 Å². The Morgan fingerprint density at radius 2 is 1.96 bits per heavy atom. The monoisotopic (exact) mass is 477 g/mol. The molecular formula is C18H32IN5O2. The summed E-state index contributed by atoms with van der Waals surface area (Å²) in [5.74, 6) is 1.82. The van der Waals surface area contributed by atoms with Crippen molar-refractivity contribution >= 4 is 35.6 Å². The van der Waals surface area contributed by atoms with Gasteiger partial charge in [-0.3, -0.25) is 4.99 Å². The lowest BCUT2D eigenvalue weighted by molar-refractivity contribution is 0.148. The Hall–Kier alpha value is -1.26. The van der Waals surface area contributed by atoms with Gasteiger partial charge in [0.2, 0.25) is 0 Å². The molecule has 0 saturated carbocycles. The number of methoxy groups -OCH3 is 2. The lowest BCUT2D eigenvalue weighted by Crippen LogP contribution is -2.42. The highest BCUT2D eigenvalue weighted by Crippen LogP contribution is 2.28. The fraction of sp³-hybridized carbons (Fsp3) is 0.611. The maximum absolute atomic E-state index is 6.02. The van der Waals surface area contributed by atoms with Crippen LogP contribution in [-0.4, -0.2) is 76.3 Å². The Morgan fingerprint density at radius 1 is 1.27 bits per heavy atom. The van der Waals surface area contributed by atoms with Crippen LogP contribution in [0.1, 0.15) is 12.8 Å². The molecule has 2 rings (SSSR count). The third-order valence-electron chi connectivity index (χ3n) is 4.66. The van der Waals surface area contributed by atoms with Gasteiger partial charge < -0.3 is 30.3 Å². The van der Waals surface area contributed by atoms with Gasteiger partial charge in [0, 0.05) is 18.7 Å². The van der Waals surface area contributed by atoms with Gasteiger partial charge in [-0.15, -0.1) is 24.0 Å². The van der Waals surface area contributed by atoms with Crippen molar-refractivity contribution in [1.82, 2.24) is 9.80 Å². The second-order valence-electron chi connectivity index (χ2n) is 6.49. The van der Waals surface area contributed by atoms with E-state index in [1.165, 1.54) is 12.8 Å². The van der Waals surface area contributed by atoms with Crippen LogP contribution in [0.2, 0.25) is 0 Å². The van der Waals surface area contributed by atoms with E-state index in [1.807, 2.05) is 18.2 Å². The van der Waals surface area contributed by atoms with Crippen molar-refractivity contribution in [3.63, 3.8) is 0 Å². The Balaban J connectivity index is 0.00000338. The minimum atomic E-state index is 0. The molecule has 26 heavy (non-hydrogen) atoms. The van der Waals surface area contributed by atoms with E-state index in [-0.39, 0.29) is 24.0 Å². The van der Waals surface area contributed by atoms with Crippen LogP contribution in [0.25, 0.3) is 0 Å². The Labute approximate surface area is 173 Å². The van der Waals surface area contributed by atoms with Crippen LogP contribution in [0, 0.1) is 0 Å². The summed E-state index contributed by atoms with van der Waals surface area (Å²) in [4.78, 5) is 9.20. The first kappa shape index (κ1) is 22.8. The minimum absolute atomic E-state index is 0. The van der Waals surface area contributed by atoms with Gasteiger partial charge in [0.25, 0.3) is 0 Å². The molecule has 1 aliphatic rings. The number of nitrogens with zero attached hydrogens (tertiary/aromatic N) is 3. The number of halogens is 1. The summed E-state index contributed by atoms with van der Waals surface area (Å²) in [6.45, 7) is 3.85. The highest BCUT2D eigenvalue weighted by atomic mass is 127. The van der Waals surface area contributed by atoms with Crippen LogP contribution < -0.4 is 20.5 Å². The standard InChI is InChI=1S/C18H31N5O2.HI/c1-22(2)14-7-10-23(11-8-14)12-9-20-18(19)21-16-13-15(24-3)5-6-17(16)25-4;/h5-6,13-14H,7-12H2,1-4H3,(H3,19,20,21);1H. The van der Waals surface area contributed by atoms with E-state index in [2.05, 4.69) is 34.2 Å². The molecule has 0 spiro atoms. The molecule has 0 atom stereocenters. The van der Waals surface area contributed by atoms with Crippen molar-refractivity contribution in [3.8, 4) is 11.5 Å². The zero-order chi connectivity index (χ0) is 18.2. The van der Waals surface area contributed by atoms with Gasteiger partial charge >= 0.3 is 0 Å². The molecule has 0 amide bonds. The van der Waals surface area contributed by atoms with E-state index >= 15 is 0 Å². The number of anilines is 1. The van der Waals surface area contributed by atoms with Gasteiger partial charge in [-0.25, -0.2) is 0 Å². The molecule has 1 heterocycles. The topological polar surface area (TPSA) is 75.3 Å². The molecule has 1 saturated heterocycles. The summed E-state index contributed by atoms with van der Waals surface area (Å²) < 4.78 is 10.6. The molecule has 148 valence electrons. The minimum Gasteiger partial charge on any atom is -0.497 e. The normalized spacial score (nSPS) is 16.3. The lowest BCUT2D eigenvalue weighted by Gasteiger charge is -2.34. The second-order valence-corrected chi connectivity index (χ2v) is 6.49. The summed E-state index contributed by atoms with van der Waals surface area (Å²) in [5.41, 5.74) is 6.76. The third kappa shape index (κ3) is 6.81. The number of guanidine groups is 1. The van der Waals surface area contributed by atoms with Gasteiger partial charge in [-0.05, 0) is 52.2 Å². The van der Waals surface area contributed by atoms with Gasteiger partial charge in [-0.2, -0.15) is 0 Å². The molecule has 1 fully saturated rings. The number of nitrogens with one attached hydrogen (secondary N) is 1. The molecule has 0 aliphatic carbocycles. The first-order chi connectivity index (χ1) is 12.0. The first-order valence-corrected chi connectivity index (χ1v) is 8.71. The number of piperidine rings is 1. The Kier molecular flexibility index (Phi) is 10.0. The zero-order valence-corrected chi connectivity index (χ0v) is 18.5. The number of nitrogens with two attached hydrogens (primary N) is 1. The average Bonchev–Trinajstić information content (AvgIpc) is 2.62. The van der Waals surface area contributed by atoms with Gasteiger partial charge in [0.1, 0.15) is 11.5 Å². The second kappa shape index (κ2) is 11.5. The highest BCUT2D eigenvalue weighted by molar-refractivity contribution is 14.0. The molecule has 0 bridgehead atoms. The number of ether oxygens (including phenoxy) is 2. The summed E-state index contributed by atoms with van der Waals surface area (Å²) in [7, 11) is 7.56. The first-order valence-electron chi connectivity index (χ1n) is 8.71. The molecule has 3 N–H and O–H groups in total. The molecule has 1 aromatic rings. The number of likely N-dealkylation sites (tertiary alicyclic amines) is 1. The Bertz CT molecular complexity index is 575. The van der Waals surface area contributed by atoms with Crippen LogP contribution in [0.5, 0.6) is 11.5 Å². The SMILES string of the molecule is COc1ccc(OC)c(NC(N)=NCCN2CCC(N(C)C)CC2)c1.I. The van der Waals surface area contributed by atoms with E-state index in [0.29, 0.717) is 24.3 Å². The number of aliphatic imine (C=N–C) groups is 1. The number of rotatable bonds is 7. The fourth-order valence-electron chi connectivity index (χ4n) is 3.06. The van der Waals surface area contributed by atoms with Crippen LogP contribution >= 0.6 is 24.0 Å². The van der Waals surface area contributed by atoms with Crippen LogP contribution in [0.4, 0.5) is 5.69 Å². The largest absolute Gasteiger partial charge is 0.497 e. The van der Waals surface area contributed by atoms with Crippen LogP contribution in [0.15, 0.2) is 23.2 Å². The number of hydrogen-bond donors (Lipinski definition) is 2. The van der Waals surface area contributed by atoms with Crippen molar-refractivity contribution < 1.29 is 9.47 Å². The summed E-state index contributed by atoms with van der Waals surface area (Å²) in [5, 5.41) is 3.09. The van der Waals surface area contributed by atoms with Gasteiger partial charge in [-0.1, -0.05) is 0 Å². The molecule has 1 aliphatic heterocycles. The summed E-state index contributed by atoms with van der Waals surface area (Å²) in [6.07, 6.45) is 2.43. The van der Waals surface area contributed by atoms with Gasteiger partial charge in [0.15, 0.2) is 5.96 Å². The van der Waals surface area contributed by atoms with Crippen molar-refractivity contribution in [1.29, 1.82) is 0 Å². The van der Waals surface area contributed by atoms with Crippen molar-refractivity contribution in [2.24, 2.45) is 10.7 Å². The molecular weight excluding hydrogens is 445 g/mol. The summed E-state index contributed by atoms with van der Waals surface area (Å²) >= 11 is 0. The predicted molar refractivity (Wildman–Crippen MR) is 118 cm³/mol. The molecule has 1 aromatic carbocycles. The average molecular weight is 477 g/mol. The van der Waals surface area contributed by atoms with E-state index in [1.54, 1.807) is 14.2 Å². The zero-order valence-electron chi connectivity index (χ0n) is 16.2. The highest BCUT2D eigenvalue weighted by Gasteiger charge is 2.19. The maximum atomic E-state index is 6.02. The van der Waals surface area contributed by atoms with Gasteiger partial charge in [0.05, 0.1) is 26.5 Å². The van der Waals surface area contributed by atoms with Crippen molar-refractivity contribution in [2.75, 3.05) is 59.8 Å². The van der Waals surface area contributed by atoms with E-state index in [0.717, 1.165) is 31.1 Å². The number of benzene rings is 1. The molecule has 0 radical (unpaired) electrons. The Morgan fingerprint density at radius 3 is 2.54 bits per heavy atom. The van der Waals surface area contributed by atoms with Crippen LogP contribution in [-0.2, 0) is 0 Å².